The Morgan fingerprint density at radius 3 is 2.84 bits per heavy atom. The van der Waals surface area contributed by atoms with E-state index in [0.29, 0.717) is 16.0 Å². The number of amides is 1. The van der Waals surface area contributed by atoms with Gasteiger partial charge in [0.2, 0.25) is 0 Å². The van der Waals surface area contributed by atoms with Gasteiger partial charge in [-0.05, 0) is 40.2 Å². The van der Waals surface area contributed by atoms with Gasteiger partial charge in [0.25, 0.3) is 5.91 Å². The van der Waals surface area contributed by atoms with E-state index in [1.165, 1.54) is 25.4 Å². The molecule has 1 aromatic heterocycles. The summed E-state index contributed by atoms with van der Waals surface area (Å²) in [6.07, 6.45) is 1.53. The van der Waals surface area contributed by atoms with Crippen LogP contribution in [0.2, 0.25) is 0 Å². The Bertz CT molecular complexity index is 619. The number of carbonyl (C=O) groups excluding carboxylic acids is 1. The van der Waals surface area contributed by atoms with Crippen molar-refractivity contribution >= 4 is 27.7 Å². The first-order valence-corrected chi connectivity index (χ1v) is 6.16. The maximum absolute atomic E-state index is 13.7. The molecule has 0 atom stereocenters. The minimum absolute atomic E-state index is 0.0710. The van der Waals surface area contributed by atoms with Crippen molar-refractivity contribution in [3.05, 3.63) is 52.4 Å². The molecule has 98 valence electrons. The molecule has 0 aliphatic heterocycles. The summed E-state index contributed by atoms with van der Waals surface area (Å²) >= 11 is 3.25. The number of carbonyl (C=O) groups is 1. The van der Waals surface area contributed by atoms with Gasteiger partial charge in [0.05, 0.1) is 17.1 Å². The maximum Gasteiger partial charge on any atom is 0.259 e. The third kappa shape index (κ3) is 3.08. The molecule has 1 heterocycles. The van der Waals surface area contributed by atoms with E-state index < -0.39 is 11.7 Å². The van der Waals surface area contributed by atoms with Crippen LogP contribution in [0.15, 0.2) is 41.0 Å². The minimum Gasteiger partial charge on any atom is -0.497 e. The molecule has 1 aromatic carbocycles. The molecule has 0 saturated carbocycles. The summed E-state index contributed by atoms with van der Waals surface area (Å²) in [4.78, 5) is 15.9. The second-order valence-electron chi connectivity index (χ2n) is 3.63. The van der Waals surface area contributed by atoms with Gasteiger partial charge in [-0.25, -0.2) is 9.37 Å². The van der Waals surface area contributed by atoms with E-state index in [4.69, 9.17) is 4.74 Å². The van der Waals surface area contributed by atoms with E-state index in [-0.39, 0.29) is 5.56 Å². The Morgan fingerprint density at radius 1 is 1.42 bits per heavy atom. The first-order chi connectivity index (χ1) is 9.11. The van der Waals surface area contributed by atoms with E-state index in [9.17, 15) is 9.18 Å². The van der Waals surface area contributed by atoms with Crippen LogP contribution in [0.25, 0.3) is 0 Å². The number of ether oxygens (including phenoxy) is 1. The molecule has 0 spiro atoms. The molecule has 0 unspecified atom stereocenters. The van der Waals surface area contributed by atoms with Gasteiger partial charge >= 0.3 is 0 Å². The number of methoxy groups -OCH3 is 1. The molecule has 0 aliphatic rings. The highest BCUT2D eigenvalue weighted by Crippen LogP contribution is 2.21. The SMILES string of the molecule is COc1ccc(C(=O)Nc2ncccc2Br)c(F)c1. The Labute approximate surface area is 117 Å². The Morgan fingerprint density at radius 2 is 2.21 bits per heavy atom. The second kappa shape index (κ2) is 5.79. The van der Waals surface area contributed by atoms with E-state index in [0.717, 1.165) is 6.07 Å². The minimum atomic E-state index is -0.649. The van der Waals surface area contributed by atoms with E-state index in [1.807, 2.05) is 0 Å². The van der Waals surface area contributed by atoms with Crippen molar-refractivity contribution in [1.29, 1.82) is 0 Å². The van der Waals surface area contributed by atoms with Crippen molar-refractivity contribution < 1.29 is 13.9 Å². The Balaban J connectivity index is 2.23. The third-order valence-electron chi connectivity index (χ3n) is 2.41. The molecule has 1 amide bonds. The molecule has 0 fully saturated rings. The van der Waals surface area contributed by atoms with Crippen LogP contribution in [-0.4, -0.2) is 18.0 Å². The summed E-state index contributed by atoms with van der Waals surface area (Å²) in [7, 11) is 1.43. The zero-order chi connectivity index (χ0) is 13.8. The fraction of sp³-hybridized carbons (Fsp3) is 0.0769. The number of nitrogens with zero attached hydrogens (tertiary/aromatic N) is 1. The fourth-order valence-corrected chi connectivity index (χ4v) is 1.81. The highest BCUT2D eigenvalue weighted by atomic mass is 79.9. The van der Waals surface area contributed by atoms with Crippen molar-refractivity contribution in [2.24, 2.45) is 0 Å². The topological polar surface area (TPSA) is 51.2 Å². The van der Waals surface area contributed by atoms with Crippen molar-refractivity contribution in [3.63, 3.8) is 0 Å². The second-order valence-corrected chi connectivity index (χ2v) is 4.49. The lowest BCUT2D eigenvalue weighted by molar-refractivity contribution is 0.102. The smallest absolute Gasteiger partial charge is 0.259 e. The molecule has 2 rings (SSSR count). The van der Waals surface area contributed by atoms with Crippen LogP contribution in [0.5, 0.6) is 5.75 Å². The highest BCUT2D eigenvalue weighted by Gasteiger charge is 2.14. The molecule has 0 saturated heterocycles. The number of benzene rings is 1. The quantitative estimate of drug-likeness (QED) is 0.942. The summed E-state index contributed by atoms with van der Waals surface area (Å²) in [6.45, 7) is 0. The van der Waals surface area contributed by atoms with Crippen molar-refractivity contribution in [3.8, 4) is 5.75 Å². The molecular weight excluding hydrogens is 315 g/mol. The van der Waals surface area contributed by atoms with Crippen LogP contribution >= 0.6 is 15.9 Å². The lowest BCUT2D eigenvalue weighted by atomic mass is 10.2. The van der Waals surface area contributed by atoms with Gasteiger partial charge in [-0.1, -0.05) is 0 Å². The van der Waals surface area contributed by atoms with Gasteiger partial charge in [0.15, 0.2) is 0 Å². The van der Waals surface area contributed by atoms with E-state index >= 15 is 0 Å². The van der Waals surface area contributed by atoms with Crippen molar-refractivity contribution in [2.75, 3.05) is 12.4 Å². The number of rotatable bonds is 3. The lowest BCUT2D eigenvalue weighted by Crippen LogP contribution is -2.15. The van der Waals surface area contributed by atoms with Gasteiger partial charge < -0.3 is 10.1 Å². The summed E-state index contributed by atoms with van der Waals surface area (Å²) in [5, 5.41) is 2.53. The maximum atomic E-state index is 13.7. The van der Waals surface area contributed by atoms with Crippen LogP contribution in [0.3, 0.4) is 0 Å². The zero-order valence-electron chi connectivity index (χ0n) is 9.98. The van der Waals surface area contributed by atoms with Gasteiger partial charge in [0, 0.05) is 12.3 Å². The number of anilines is 1. The van der Waals surface area contributed by atoms with E-state index in [2.05, 4.69) is 26.2 Å². The van der Waals surface area contributed by atoms with Crippen molar-refractivity contribution in [2.45, 2.75) is 0 Å². The van der Waals surface area contributed by atoms with Crippen LogP contribution in [0.4, 0.5) is 10.2 Å². The lowest BCUT2D eigenvalue weighted by Gasteiger charge is -2.07. The molecular formula is C13H10BrFN2O2. The average molecular weight is 325 g/mol. The number of nitrogens with one attached hydrogen (secondary N) is 1. The van der Waals surface area contributed by atoms with E-state index in [1.54, 1.807) is 12.1 Å². The molecule has 19 heavy (non-hydrogen) atoms. The van der Waals surface area contributed by atoms with Crippen LogP contribution in [0, 0.1) is 5.82 Å². The molecule has 6 heteroatoms. The zero-order valence-corrected chi connectivity index (χ0v) is 11.6. The van der Waals surface area contributed by atoms with Crippen molar-refractivity contribution in [1.82, 2.24) is 4.98 Å². The van der Waals surface area contributed by atoms with Gasteiger partial charge in [-0.3, -0.25) is 4.79 Å². The molecule has 0 aliphatic carbocycles. The van der Waals surface area contributed by atoms with Crippen LogP contribution in [0.1, 0.15) is 10.4 Å². The predicted molar refractivity (Wildman–Crippen MR) is 72.8 cm³/mol. The summed E-state index contributed by atoms with van der Waals surface area (Å²) in [5.41, 5.74) is -0.0710. The van der Waals surface area contributed by atoms with Gasteiger partial charge in [-0.2, -0.15) is 0 Å². The molecule has 0 bridgehead atoms. The fourth-order valence-electron chi connectivity index (χ4n) is 1.46. The predicted octanol–water partition coefficient (Wildman–Crippen LogP) is 3.24. The van der Waals surface area contributed by atoms with Crippen LogP contribution < -0.4 is 10.1 Å². The number of hydrogen-bond donors (Lipinski definition) is 1. The van der Waals surface area contributed by atoms with Gasteiger partial charge in [-0.15, -0.1) is 0 Å². The number of aromatic nitrogens is 1. The molecule has 2 aromatic rings. The van der Waals surface area contributed by atoms with Gasteiger partial charge in [0.1, 0.15) is 17.4 Å². The largest absolute Gasteiger partial charge is 0.497 e. The third-order valence-corrected chi connectivity index (χ3v) is 3.05. The Kier molecular flexibility index (Phi) is 4.11. The standard InChI is InChI=1S/C13H10BrFN2O2/c1-19-8-4-5-9(11(15)7-8)13(18)17-12-10(14)3-2-6-16-12/h2-7H,1H3,(H,16,17,18). The number of halogens is 2. The summed E-state index contributed by atoms with van der Waals surface area (Å²) < 4.78 is 19.2. The molecule has 0 radical (unpaired) electrons. The monoisotopic (exact) mass is 324 g/mol. The number of hydrogen-bond acceptors (Lipinski definition) is 3. The highest BCUT2D eigenvalue weighted by molar-refractivity contribution is 9.10. The first-order valence-electron chi connectivity index (χ1n) is 5.37. The summed E-state index contributed by atoms with van der Waals surface area (Å²) in [6, 6.07) is 7.48. The molecule has 1 N–H and O–H groups in total. The average Bonchev–Trinajstić information content (AvgIpc) is 2.41. The summed E-state index contributed by atoms with van der Waals surface area (Å²) in [5.74, 6) is -0.528. The first kappa shape index (κ1) is 13.5. The normalized spacial score (nSPS) is 10.1. The van der Waals surface area contributed by atoms with Crippen LogP contribution in [-0.2, 0) is 0 Å². The number of pyridine rings is 1. The molecule has 4 nitrogen and oxygen atoms in total. The Hall–Kier alpha value is -1.95.